The molecule has 1 heterocycles. The van der Waals surface area contributed by atoms with Crippen LogP contribution in [0.3, 0.4) is 0 Å². The number of nitrogens with zero attached hydrogens (tertiary/aromatic N) is 1. The van der Waals surface area contributed by atoms with E-state index in [2.05, 4.69) is 0 Å². The number of benzene rings is 1. The van der Waals surface area contributed by atoms with Crippen molar-refractivity contribution in [1.29, 1.82) is 0 Å². The molecule has 1 aliphatic rings. The Hall–Kier alpha value is -1.26. The van der Waals surface area contributed by atoms with E-state index in [-0.39, 0.29) is 5.91 Å². The molecule has 0 atom stereocenters. The normalized spacial score (nSPS) is 15.4. The molecule has 1 fully saturated rings. The number of amides is 1. The molecule has 0 N–H and O–H groups in total. The number of halogens is 1. The third kappa shape index (κ3) is 3.39. The van der Waals surface area contributed by atoms with Gasteiger partial charge in [-0.3, -0.25) is 4.79 Å². The predicted octanol–water partition coefficient (Wildman–Crippen LogP) is 2.06. The largest absolute Gasteiger partial charge is 0.495 e. The number of morpholine rings is 1. The van der Waals surface area contributed by atoms with E-state index in [0.29, 0.717) is 43.5 Å². The summed E-state index contributed by atoms with van der Waals surface area (Å²) in [6, 6.07) is 3.68. The fourth-order valence-corrected chi connectivity index (χ4v) is 2.39. The van der Waals surface area contributed by atoms with Crippen molar-refractivity contribution in [2.45, 2.75) is 13.3 Å². The van der Waals surface area contributed by atoms with E-state index in [9.17, 15) is 4.79 Å². The molecule has 0 radical (unpaired) electrons. The predicted molar refractivity (Wildman–Crippen MR) is 73.8 cm³/mol. The Labute approximate surface area is 118 Å². The first-order valence-corrected chi connectivity index (χ1v) is 6.68. The van der Waals surface area contributed by atoms with Gasteiger partial charge in [-0.2, -0.15) is 0 Å². The maximum absolute atomic E-state index is 12.2. The van der Waals surface area contributed by atoms with Gasteiger partial charge in [0.25, 0.3) is 0 Å². The zero-order valence-corrected chi connectivity index (χ0v) is 12.0. The molecule has 0 aromatic heterocycles. The van der Waals surface area contributed by atoms with Crippen LogP contribution in [0.25, 0.3) is 0 Å². The van der Waals surface area contributed by atoms with Gasteiger partial charge < -0.3 is 14.4 Å². The van der Waals surface area contributed by atoms with Crippen molar-refractivity contribution < 1.29 is 14.3 Å². The molecule has 1 amide bonds. The zero-order chi connectivity index (χ0) is 13.8. The molecule has 0 saturated carbocycles. The van der Waals surface area contributed by atoms with Crippen LogP contribution >= 0.6 is 11.6 Å². The topological polar surface area (TPSA) is 38.8 Å². The number of ether oxygens (including phenoxy) is 2. The molecule has 19 heavy (non-hydrogen) atoms. The van der Waals surface area contributed by atoms with E-state index in [0.717, 1.165) is 11.1 Å². The lowest BCUT2D eigenvalue weighted by Crippen LogP contribution is -2.41. The number of rotatable bonds is 3. The van der Waals surface area contributed by atoms with Gasteiger partial charge >= 0.3 is 0 Å². The van der Waals surface area contributed by atoms with E-state index in [1.54, 1.807) is 7.11 Å². The number of methoxy groups -OCH3 is 1. The molecule has 0 bridgehead atoms. The molecule has 1 aliphatic heterocycles. The summed E-state index contributed by atoms with van der Waals surface area (Å²) in [5.41, 5.74) is 1.96. The van der Waals surface area contributed by atoms with Crippen LogP contribution in [0.2, 0.25) is 5.02 Å². The SMILES string of the molecule is COc1cc(C)c(CC(=O)N2CCOCC2)cc1Cl. The molecule has 4 nitrogen and oxygen atoms in total. The number of carbonyl (C=O) groups is 1. The molecular weight excluding hydrogens is 266 g/mol. The number of carbonyl (C=O) groups excluding carboxylic acids is 1. The highest BCUT2D eigenvalue weighted by atomic mass is 35.5. The van der Waals surface area contributed by atoms with E-state index in [4.69, 9.17) is 21.1 Å². The van der Waals surface area contributed by atoms with Crippen LogP contribution < -0.4 is 4.74 Å². The van der Waals surface area contributed by atoms with Crippen LogP contribution in [0.4, 0.5) is 0 Å². The summed E-state index contributed by atoms with van der Waals surface area (Å²) >= 11 is 6.10. The third-order valence-corrected chi connectivity index (χ3v) is 3.61. The molecule has 0 spiro atoms. The van der Waals surface area contributed by atoms with Crippen LogP contribution in [-0.2, 0) is 16.0 Å². The second kappa shape index (κ2) is 6.26. The highest BCUT2D eigenvalue weighted by Gasteiger charge is 2.18. The summed E-state index contributed by atoms with van der Waals surface area (Å²) in [5, 5.41) is 0.540. The average Bonchev–Trinajstić information content (AvgIpc) is 2.43. The lowest BCUT2D eigenvalue weighted by molar-refractivity contribution is -0.134. The lowest BCUT2D eigenvalue weighted by atomic mass is 10.0. The van der Waals surface area contributed by atoms with E-state index in [1.807, 2.05) is 24.0 Å². The molecule has 2 rings (SSSR count). The van der Waals surface area contributed by atoms with Gasteiger partial charge in [-0.15, -0.1) is 0 Å². The summed E-state index contributed by atoms with van der Waals surface area (Å²) < 4.78 is 10.4. The number of aryl methyl sites for hydroxylation is 1. The molecule has 1 saturated heterocycles. The maximum Gasteiger partial charge on any atom is 0.227 e. The van der Waals surface area contributed by atoms with Gasteiger partial charge in [-0.1, -0.05) is 11.6 Å². The Morgan fingerprint density at radius 3 is 2.74 bits per heavy atom. The van der Waals surface area contributed by atoms with Gasteiger partial charge in [0, 0.05) is 13.1 Å². The second-order valence-corrected chi connectivity index (χ2v) is 4.99. The van der Waals surface area contributed by atoms with Gasteiger partial charge in [0.1, 0.15) is 5.75 Å². The Bertz CT molecular complexity index is 470. The number of hydrogen-bond acceptors (Lipinski definition) is 3. The second-order valence-electron chi connectivity index (χ2n) is 4.58. The first kappa shape index (κ1) is 14.2. The number of hydrogen-bond donors (Lipinski definition) is 0. The zero-order valence-electron chi connectivity index (χ0n) is 11.2. The minimum atomic E-state index is 0.118. The highest BCUT2D eigenvalue weighted by Crippen LogP contribution is 2.28. The van der Waals surface area contributed by atoms with E-state index >= 15 is 0 Å². The smallest absolute Gasteiger partial charge is 0.227 e. The third-order valence-electron chi connectivity index (χ3n) is 3.32. The van der Waals surface area contributed by atoms with Gasteiger partial charge in [-0.05, 0) is 30.2 Å². The van der Waals surface area contributed by atoms with Crippen molar-refractivity contribution in [1.82, 2.24) is 4.90 Å². The molecule has 0 aliphatic carbocycles. The Morgan fingerprint density at radius 1 is 1.42 bits per heavy atom. The monoisotopic (exact) mass is 283 g/mol. The van der Waals surface area contributed by atoms with Gasteiger partial charge in [0.2, 0.25) is 5.91 Å². The van der Waals surface area contributed by atoms with Crippen molar-refractivity contribution in [2.24, 2.45) is 0 Å². The van der Waals surface area contributed by atoms with Crippen LogP contribution in [0.1, 0.15) is 11.1 Å². The molecule has 0 unspecified atom stereocenters. The standard InChI is InChI=1S/C14H18ClNO3/c1-10-7-13(18-2)12(15)8-11(10)9-14(17)16-3-5-19-6-4-16/h7-8H,3-6,9H2,1-2H3. The molecule has 104 valence electrons. The lowest BCUT2D eigenvalue weighted by Gasteiger charge is -2.27. The van der Waals surface area contributed by atoms with Crippen molar-refractivity contribution in [3.63, 3.8) is 0 Å². The first-order valence-electron chi connectivity index (χ1n) is 6.30. The van der Waals surface area contributed by atoms with Crippen molar-refractivity contribution in [2.75, 3.05) is 33.4 Å². The van der Waals surface area contributed by atoms with Crippen molar-refractivity contribution in [3.8, 4) is 5.75 Å². The van der Waals surface area contributed by atoms with Crippen LogP contribution in [-0.4, -0.2) is 44.2 Å². The molecule has 1 aromatic carbocycles. The minimum Gasteiger partial charge on any atom is -0.495 e. The van der Waals surface area contributed by atoms with E-state index in [1.165, 1.54) is 0 Å². The summed E-state index contributed by atoms with van der Waals surface area (Å²) in [6.07, 6.45) is 0.371. The minimum absolute atomic E-state index is 0.118. The summed E-state index contributed by atoms with van der Waals surface area (Å²) in [6.45, 7) is 4.53. The summed E-state index contributed by atoms with van der Waals surface area (Å²) in [5.74, 6) is 0.759. The average molecular weight is 284 g/mol. The van der Waals surface area contributed by atoms with Crippen LogP contribution in [0.15, 0.2) is 12.1 Å². The Kier molecular flexibility index (Phi) is 4.66. The highest BCUT2D eigenvalue weighted by molar-refractivity contribution is 6.32. The van der Waals surface area contributed by atoms with Crippen LogP contribution in [0, 0.1) is 6.92 Å². The van der Waals surface area contributed by atoms with Gasteiger partial charge in [0.15, 0.2) is 0 Å². The van der Waals surface area contributed by atoms with Crippen molar-refractivity contribution in [3.05, 3.63) is 28.3 Å². The quantitative estimate of drug-likeness (QED) is 0.852. The Morgan fingerprint density at radius 2 is 2.11 bits per heavy atom. The fourth-order valence-electron chi connectivity index (χ4n) is 2.13. The van der Waals surface area contributed by atoms with Gasteiger partial charge in [-0.25, -0.2) is 0 Å². The molecule has 1 aromatic rings. The van der Waals surface area contributed by atoms with Crippen molar-refractivity contribution >= 4 is 17.5 Å². The summed E-state index contributed by atoms with van der Waals surface area (Å²) in [7, 11) is 1.58. The van der Waals surface area contributed by atoms with Crippen LogP contribution in [0.5, 0.6) is 5.75 Å². The molecule has 5 heteroatoms. The molecular formula is C14H18ClNO3. The van der Waals surface area contributed by atoms with E-state index < -0.39 is 0 Å². The maximum atomic E-state index is 12.2. The first-order chi connectivity index (χ1) is 9.11. The summed E-state index contributed by atoms with van der Waals surface area (Å²) in [4.78, 5) is 14.0. The fraction of sp³-hybridized carbons (Fsp3) is 0.500. The Balaban J connectivity index is 2.10. The van der Waals surface area contributed by atoms with Gasteiger partial charge in [0.05, 0.1) is 31.8 Å².